The molecule has 0 unspecified atom stereocenters. The number of ketones is 1. The summed E-state index contributed by atoms with van der Waals surface area (Å²) in [5, 5.41) is 0. The maximum absolute atomic E-state index is 11.6. The van der Waals surface area contributed by atoms with Gasteiger partial charge in [0.05, 0.1) is 0 Å². The number of benzene rings is 1. The molecular formula is C17H22O3. The molecule has 0 aliphatic rings. The number of carbonyl (C=O) groups is 2. The minimum Gasteiger partial charge on any atom is -0.426 e. The van der Waals surface area contributed by atoms with E-state index in [0.29, 0.717) is 12.2 Å². The topological polar surface area (TPSA) is 43.4 Å². The number of rotatable bonds is 6. The summed E-state index contributed by atoms with van der Waals surface area (Å²) in [6, 6.07) is 3.82. The lowest BCUT2D eigenvalue weighted by molar-refractivity contribution is -0.132. The van der Waals surface area contributed by atoms with Crippen LogP contribution in [-0.4, -0.2) is 11.8 Å². The van der Waals surface area contributed by atoms with Crippen molar-refractivity contribution < 1.29 is 14.3 Å². The molecule has 3 nitrogen and oxygen atoms in total. The highest BCUT2D eigenvalue weighted by atomic mass is 16.5. The molecule has 0 bridgehead atoms. The van der Waals surface area contributed by atoms with Gasteiger partial charge in [-0.05, 0) is 55.2 Å². The van der Waals surface area contributed by atoms with E-state index in [0.717, 1.165) is 29.5 Å². The standard InChI is InChI=1S/C17H22O3/c1-5-6-7-16(19)9-8-15-10-12(2)17(13(3)11-15)20-14(4)18/h8-11H,5-7H2,1-4H3/b9-8+. The van der Waals surface area contributed by atoms with Crippen molar-refractivity contribution in [3.63, 3.8) is 0 Å². The van der Waals surface area contributed by atoms with Crippen LogP contribution in [0, 0.1) is 13.8 Å². The molecule has 1 aromatic rings. The predicted octanol–water partition coefficient (Wildman–Crippen LogP) is 4.00. The number of unbranched alkanes of at least 4 members (excludes halogenated alkanes) is 1. The Balaban J connectivity index is 2.86. The molecule has 0 spiro atoms. The van der Waals surface area contributed by atoms with Crippen LogP contribution in [0.15, 0.2) is 18.2 Å². The second-order valence-corrected chi connectivity index (χ2v) is 4.98. The molecule has 0 aromatic heterocycles. The number of allylic oxidation sites excluding steroid dienone is 1. The maximum Gasteiger partial charge on any atom is 0.308 e. The zero-order valence-electron chi connectivity index (χ0n) is 12.7. The lowest BCUT2D eigenvalue weighted by Gasteiger charge is -2.10. The minimum atomic E-state index is -0.325. The monoisotopic (exact) mass is 274 g/mol. The van der Waals surface area contributed by atoms with Crippen LogP contribution in [0.25, 0.3) is 6.08 Å². The van der Waals surface area contributed by atoms with Gasteiger partial charge in [0.1, 0.15) is 5.75 Å². The lowest BCUT2D eigenvalue weighted by atomic mass is 10.0. The van der Waals surface area contributed by atoms with Gasteiger partial charge in [-0.3, -0.25) is 9.59 Å². The van der Waals surface area contributed by atoms with Gasteiger partial charge in [-0.15, -0.1) is 0 Å². The molecule has 1 aromatic carbocycles. The van der Waals surface area contributed by atoms with Crippen LogP contribution >= 0.6 is 0 Å². The first-order valence-corrected chi connectivity index (χ1v) is 6.94. The summed E-state index contributed by atoms with van der Waals surface area (Å²) in [5.41, 5.74) is 2.72. The maximum atomic E-state index is 11.6. The molecule has 0 saturated carbocycles. The molecule has 0 fully saturated rings. The van der Waals surface area contributed by atoms with E-state index in [-0.39, 0.29) is 11.8 Å². The quantitative estimate of drug-likeness (QED) is 0.447. The van der Waals surface area contributed by atoms with Gasteiger partial charge < -0.3 is 4.74 Å². The van der Waals surface area contributed by atoms with Crippen molar-refractivity contribution in [2.75, 3.05) is 0 Å². The molecule has 0 amide bonds. The van der Waals surface area contributed by atoms with Crippen LogP contribution in [0.4, 0.5) is 0 Å². The van der Waals surface area contributed by atoms with E-state index in [1.807, 2.05) is 32.1 Å². The van der Waals surface area contributed by atoms with Gasteiger partial charge in [-0.25, -0.2) is 0 Å². The summed E-state index contributed by atoms with van der Waals surface area (Å²) >= 11 is 0. The highest BCUT2D eigenvalue weighted by Crippen LogP contribution is 2.25. The van der Waals surface area contributed by atoms with Gasteiger partial charge in [0.15, 0.2) is 5.78 Å². The fraction of sp³-hybridized carbons (Fsp3) is 0.412. The second-order valence-electron chi connectivity index (χ2n) is 4.98. The highest BCUT2D eigenvalue weighted by Gasteiger charge is 2.07. The minimum absolute atomic E-state index is 0.145. The third kappa shape index (κ3) is 5.00. The number of ether oxygens (including phenoxy) is 1. The van der Waals surface area contributed by atoms with Gasteiger partial charge in [-0.2, -0.15) is 0 Å². The molecule has 20 heavy (non-hydrogen) atoms. The Morgan fingerprint density at radius 3 is 2.30 bits per heavy atom. The van der Waals surface area contributed by atoms with E-state index in [1.165, 1.54) is 6.92 Å². The average Bonchev–Trinajstić information content (AvgIpc) is 2.38. The normalized spacial score (nSPS) is 10.8. The number of hydrogen-bond donors (Lipinski definition) is 0. The first-order chi connectivity index (χ1) is 9.43. The summed E-state index contributed by atoms with van der Waals surface area (Å²) in [4.78, 5) is 22.6. The second kappa shape index (κ2) is 7.63. The molecule has 0 saturated heterocycles. The lowest BCUT2D eigenvalue weighted by Crippen LogP contribution is -2.04. The van der Waals surface area contributed by atoms with E-state index in [2.05, 4.69) is 6.92 Å². The molecule has 108 valence electrons. The fourth-order valence-corrected chi connectivity index (χ4v) is 2.01. The Labute approximate surface area is 120 Å². The van der Waals surface area contributed by atoms with Crippen molar-refractivity contribution in [3.8, 4) is 5.75 Å². The highest BCUT2D eigenvalue weighted by molar-refractivity contribution is 5.93. The van der Waals surface area contributed by atoms with Crippen molar-refractivity contribution >= 4 is 17.8 Å². The van der Waals surface area contributed by atoms with Crippen LogP contribution in [0.2, 0.25) is 0 Å². The van der Waals surface area contributed by atoms with Gasteiger partial charge in [0, 0.05) is 13.3 Å². The Kier molecular flexibility index (Phi) is 6.16. The first-order valence-electron chi connectivity index (χ1n) is 6.94. The van der Waals surface area contributed by atoms with E-state index >= 15 is 0 Å². The number of carbonyl (C=O) groups excluding carboxylic acids is 2. The molecule has 0 radical (unpaired) electrons. The van der Waals surface area contributed by atoms with E-state index in [1.54, 1.807) is 6.08 Å². The molecule has 1 rings (SSSR count). The first kappa shape index (κ1) is 16.2. The summed E-state index contributed by atoms with van der Waals surface area (Å²) < 4.78 is 5.18. The Bertz CT molecular complexity index is 504. The molecule has 0 aliphatic heterocycles. The van der Waals surface area contributed by atoms with Crippen LogP contribution in [0.1, 0.15) is 49.8 Å². The van der Waals surface area contributed by atoms with E-state index < -0.39 is 0 Å². The summed E-state index contributed by atoms with van der Waals surface area (Å²) in [7, 11) is 0. The van der Waals surface area contributed by atoms with Crippen LogP contribution in [-0.2, 0) is 9.59 Å². The van der Waals surface area contributed by atoms with Gasteiger partial charge in [-0.1, -0.05) is 19.4 Å². The third-order valence-electron chi connectivity index (χ3n) is 2.97. The SMILES string of the molecule is CCCCC(=O)/C=C/c1cc(C)c(OC(C)=O)c(C)c1. The summed E-state index contributed by atoms with van der Waals surface area (Å²) in [6.45, 7) is 7.24. The summed E-state index contributed by atoms with van der Waals surface area (Å²) in [6.07, 6.45) is 5.98. The van der Waals surface area contributed by atoms with Crippen LogP contribution < -0.4 is 4.74 Å². The number of esters is 1. The van der Waals surface area contributed by atoms with Gasteiger partial charge >= 0.3 is 5.97 Å². The van der Waals surface area contributed by atoms with Crippen molar-refractivity contribution in [1.82, 2.24) is 0 Å². The molecular weight excluding hydrogens is 252 g/mol. The van der Waals surface area contributed by atoms with Crippen molar-refractivity contribution in [2.24, 2.45) is 0 Å². The smallest absolute Gasteiger partial charge is 0.308 e. The van der Waals surface area contributed by atoms with Crippen LogP contribution in [0.3, 0.4) is 0 Å². The van der Waals surface area contributed by atoms with E-state index in [9.17, 15) is 9.59 Å². The number of aryl methyl sites for hydroxylation is 2. The molecule has 0 aliphatic carbocycles. The number of hydrogen-bond acceptors (Lipinski definition) is 3. The Morgan fingerprint density at radius 2 is 1.80 bits per heavy atom. The largest absolute Gasteiger partial charge is 0.426 e. The Morgan fingerprint density at radius 1 is 1.20 bits per heavy atom. The Hall–Kier alpha value is -1.90. The van der Waals surface area contributed by atoms with Crippen LogP contribution in [0.5, 0.6) is 5.75 Å². The van der Waals surface area contributed by atoms with Crippen molar-refractivity contribution in [3.05, 3.63) is 34.9 Å². The molecule has 3 heteroatoms. The molecule has 0 heterocycles. The van der Waals surface area contributed by atoms with Gasteiger partial charge in [0.25, 0.3) is 0 Å². The summed E-state index contributed by atoms with van der Waals surface area (Å²) in [5.74, 6) is 0.424. The van der Waals surface area contributed by atoms with Gasteiger partial charge in [0.2, 0.25) is 0 Å². The van der Waals surface area contributed by atoms with Crippen molar-refractivity contribution in [1.29, 1.82) is 0 Å². The zero-order chi connectivity index (χ0) is 15.1. The average molecular weight is 274 g/mol. The molecule has 0 atom stereocenters. The third-order valence-corrected chi connectivity index (χ3v) is 2.97. The predicted molar refractivity (Wildman–Crippen MR) is 80.8 cm³/mol. The van der Waals surface area contributed by atoms with Crippen molar-refractivity contribution in [2.45, 2.75) is 47.0 Å². The molecule has 0 N–H and O–H groups in total. The zero-order valence-corrected chi connectivity index (χ0v) is 12.7. The van der Waals surface area contributed by atoms with E-state index in [4.69, 9.17) is 4.74 Å². The fourth-order valence-electron chi connectivity index (χ4n) is 2.01.